The van der Waals surface area contributed by atoms with Crippen molar-refractivity contribution in [2.24, 2.45) is 0 Å². The van der Waals surface area contributed by atoms with Crippen LogP contribution >= 0.6 is 0 Å². The Morgan fingerprint density at radius 2 is 2.17 bits per heavy atom. The number of anilines is 1. The van der Waals surface area contributed by atoms with E-state index in [1.807, 2.05) is 0 Å². The molecule has 0 aliphatic carbocycles. The zero-order valence-corrected chi connectivity index (χ0v) is 9.57. The largest absolute Gasteiger partial charge is 0.419 e. The van der Waals surface area contributed by atoms with E-state index in [0.29, 0.717) is 5.82 Å². The summed E-state index contributed by atoms with van der Waals surface area (Å²) >= 11 is 0. The van der Waals surface area contributed by atoms with Crippen molar-refractivity contribution in [1.29, 1.82) is 0 Å². The molecule has 7 heteroatoms. The molecule has 0 fully saturated rings. The minimum Gasteiger partial charge on any atom is -0.373 e. The van der Waals surface area contributed by atoms with Gasteiger partial charge in [-0.1, -0.05) is 6.07 Å². The average molecular weight is 256 g/mol. The highest BCUT2D eigenvalue weighted by atomic mass is 19.4. The first kappa shape index (κ1) is 12.4. The van der Waals surface area contributed by atoms with Crippen LogP contribution < -0.4 is 5.32 Å². The maximum absolute atomic E-state index is 12.4. The fourth-order valence-electron chi connectivity index (χ4n) is 1.56. The summed E-state index contributed by atoms with van der Waals surface area (Å²) in [6.07, 6.45) is -0.958. The van der Waals surface area contributed by atoms with Crippen molar-refractivity contribution in [3.05, 3.63) is 41.9 Å². The second-order valence-corrected chi connectivity index (χ2v) is 3.69. The molecule has 2 rings (SSSR count). The average Bonchev–Trinajstić information content (AvgIpc) is 2.78. The topological polar surface area (TPSA) is 42.7 Å². The number of aromatic nitrogens is 3. The van der Waals surface area contributed by atoms with Crippen LogP contribution in [0.3, 0.4) is 0 Å². The van der Waals surface area contributed by atoms with Crippen LogP contribution in [-0.2, 0) is 12.7 Å². The lowest BCUT2D eigenvalue weighted by atomic mass is 10.2. The standard InChI is InChI=1S/C11H11F3N4/c1-15-10-8(3-2-4-16-10)6-18-7-9(5-17-18)11(12,13)14/h2-5,7H,6H2,1H3,(H,15,16). The van der Waals surface area contributed by atoms with Gasteiger partial charge in [0.2, 0.25) is 0 Å². The molecule has 96 valence electrons. The van der Waals surface area contributed by atoms with E-state index in [0.717, 1.165) is 18.0 Å². The van der Waals surface area contributed by atoms with Crippen molar-refractivity contribution < 1.29 is 13.2 Å². The Morgan fingerprint density at radius 1 is 1.39 bits per heavy atom. The van der Waals surface area contributed by atoms with Gasteiger partial charge in [-0.25, -0.2) is 4.98 Å². The van der Waals surface area contributed by atoms with Crippen molar-refractivity contribution in [2.75, 3.05) is 12.4 Å². The van der Waals surface area contributed by atoms with Gasteiger partial charge in [0.05, 0.1) is 18.3 Å². The third-order valence-electron chi connectivity index (χ3n) is 2.42. The number of nitrogens with one attached hydrogen (secondary N) is 1. The Hall–Kier alpha value is -2.05. The summed E-state index contributed by atoms with van der Waals surface area (Å²) in [4.78, 5) is 4.07. The molecule has 0 amide bonds. The fraction of sp³-hybridized carbons (Fsp3) is 0.273. The molecule has 0 bridgehead atoms. The molecule has 0 saturated heterocycles. The summed E-state index contributed by atoms with van der Waals surface area (Å²) in [5.41, 5.74) is 0.0224. The van der Waals surface area contributed by atoms with E-state index in [4.69, 9.17) is 0 Å². The number of pyridine rings is 1. The molecule has 2 aromatic heterocycles. The lowest BCUT2D eigenvalue weighted by Crippen LogP contribution is -2.06. The van der Waals surface area contributed by atoms with Crippen LogP contribution in [0.4, 0.5) is 19.0 Å². The molecule has 0 spiro atoms. The summed E-state index contributed by atoms with van der Waals surface area (Å²) in [5.74, 6) is 0.626. The third-order valence-corrected chi connectivity index (χ3v) is 2.42. The van der Waals surface area contributed by atoms with E-state index in [9.17, 15) is 13.2 Å². The molecule has 1 N–H and O–H groups in total. The summed E-state index contributed by atoms with van der Waals surface area (Å²) in [6.45, 7) is 0.236. The van der Waals surface area contributed by atoms with Gasteiger partial charge in [-0.05, 0) is 6.07 Å². The second-order valence-electron chi connectivity index (χ2n) is 3.69. The molecular weight excluding hydrogens is 245 g/mol. The van der Waals surface area contributed by atoms with Crippen LogP contribution in [0.5, 0.6) is 0 Å². The lowest BCUT2D eigenvalue weighted by molar-refractivity contribution is -0.137. The highest BCUT2D eigenvalue weighted by Gasteiger charge is 2.32. The number of hydrogen-bond acceptors (Lipinski definition) is 3. The Bertz CT molecular complexity index is 533. The highest BCUT2D eigenvalue weighted by Crippen LogP contribution is 2.28. The summed E-state index contributed by atoms with van der Waals surface area (Å²) in [6, 6.07) is 3.51. The van der Waals surface area contributed by atoms with Gasteiger partial charge < -0.3 is 5.32 Å². The van der Waals surface area contributed by atoms with Crippen LogP contribution in [0.1, 0.15) is 11.1 Å². The quantitative estimate of drug-likeness (QED) is 0.916. The Balaban J connectivity index is 2.22. The maximum atomic E-state index is 12.4. The van der Waals surface area contributed by atoms with Crippen LogP contribution in [0.2, 0.25) is 0 Å². The monoisotopic (exact) mass is 256 g/mol. The number of hydrogen-bond donors (Lipinski definition) is 1. The molecule has 0 aromatic carbocycles. The van der Waals surface area contributed by atoms with E-state index in [1.54, 1.807) is 25.4 Å². The number of alkyl halides is 3. The first-order valence-corrected chi connectivity index (χ1v) is 5.22. The Labute approximate surface area is 101 Å². The Morgan fingerprint density at radius 3 is 2.78 bits per heavy atom. The summed E-state index contributed by atoms with van der Waals surface area (Å²) in [7, 11) is 1.70. The first-order valence-electron chi connectivity index (χ1n) is 5.22. The van der Waals surface area contributed by atoms with Gasteiger partial charge in [-0.3, -0.25) is 4.68 Å². The zero-order chi connectivity index (χ0) is 13.2. The van der Waals surface area contributed by atoms with Gasteiger partial charge in [-0.2, -0.15) is 18.3 Å². The van der Waals surface area contributed by atoms with Gasteiger partial charge in [0.25, 0.3) is 0 Å². The first-order chi connectivity index (χ1) is 8.50. The van der Waals surface area contributed by atoms with E-state index in [1.165, 1.54) is 4.68 Å². The molecule has 0 saturated carbocycles. The molecule has 4 nitrogen and oxygen atoms in total. The number of rotatable bonds is 3. The van der Waals surface area contributed by atoms with Crippen LogP contribution in [0, 0.1) is 0 Å². The molecule has 0 radical (unpaired) electrons. The molecular formula is C11H11F3N4. The van der Waals surface area contributed by atoms with Gasteiger partial charge in [0.1, 0.15) is 5.82 Å². The van der Waals surface area contributed by atoms with Gasteiger partial charge in [0, 0.05) is 25.0 Å². The second kappa shape index (κ2) is 4.67. The normalized spacial score (nSPS) is 11.6. The van der Waals surface area contributed by atoms with Crippen LogP contribution in [-0.4, -0.2) is 21.8 Å². The minimum absolute atomic E-state index is 0.236. The van der Waals surface area contributed by atoms with Crippen molar-refractivity contribution in [2.45, 2.75) is 12.7 Å². The smallest absolute Gasteiger partial charge is 0.373 e. The van der Waals surface area contributed by atoms with Crippen molar-refractivity contribution in [1.82, 2.24) is 14.8 Å². The SMILES string of the molecule is CNc1ncccc1Cn1cc(C(F)(F)F)cn1. The predicted molar refractivity (Wildman–Crippen MR) is 60.1 cm³/mol. The number of nitrogens with zero attached hydrogens (tertiary/aromatic N) is 3. The minimum atomic E-state index is -4.36. The summed E-state index contributed by atoms with van der Waals surface area (Å²) < 4.78 is 38.5. The zero-order valence-electron chi connectivity index (χ0n) is 9.57. The predicted octanol–water partition coefficient (Wildman–Crippen LogP) is 2.39. The van der Waals surface area contributed by atoms with E-state index in [-0.39, 0.29) is 6.54 Å². The lowest BCUT2D eigenvalue weighted by Gasteiger charge is -2.07. The molecule has 0 aliphatic rings. The molecule has 2 heterocycles. The molecule has 0 unspecified atom stereocenters. The third kappa shape index (κ3) is 2.61. The Kier molecular flexibility index (Phi) is 3.22. The molecule has 0 aliphatic heterocycles. The maximum Gasteiger partial charge on any atom is 0.419 e. The molecule has 18 heavy (non-hydrogen) atoms. The number of halogens is 3. The fourth-order valence-corrected chi connectivity index (χ4v) is 1.56. The molecule has 2 aromatic rings. The van der Waals surface area contributed by atoms with Gasteiger partial charge in [-0.15, -0.1) is 0 Å². The van der Waals surface area contributed by atoms with Gasteiger partial charge >= 0.3 is 6.18 Å². The summed E-state index contributed by atoms with van der Waals surface area (Å²) in [5, 5.41) is 6.57. The van der Waals surface area contributed by atoms with Gasteiger partial charge in [0.15, 0.2) is 0 Å². The van der Waals surface area contributed by atoms with Crippen molar-refractivity contribution in [3.8, 4) is 0 Å². The molecule has 0 atom stereocenters. The van der Waals surface area contributed by atoms with E-state index < -0.39 is 11.7 Å². The van der Waals surface area contributed by atoms with Crippen LogP contribution in [0.15, 0.2) is 30.7 Å². The van der Waals surface area contributed by atoms with E-state index >= 15 is 0 Å². The van der Waals surface area contributed by atoms with Crippen molar-refractivity contribution >= 4 is 5.82 Å². The van der Waals surface area contributed by atoms with Crippen LogP contribution in [0.25, 0.3) is 0 Å². The van der Waals surface area contributed by atoms with Crippen molar-refractivity contribution in [3.63, 3.8) is 0 Å². The van der Waals surface area contributed by atoms with E-state index in [2.05, 4.69) is 15.4 Å². The highest BCUT2D eigenvalue weighted by molar-refractivity contribution is 5.42.